The molecule has 0 unspecified atom stereocenters. The number of ether oxygens (including phenoxy) is 2. The molecule has 9 heteroatoms. The van der Waals surface area contributed by atoms with Crippen LogP contribution in [0.4, 0.5) is 10.5 Å². The Balaban J connectivity index is 1.64. The number of amides is 3. The molecular weight excluding hydrogens is 440 g/mol. The number of imide groups is 1. The minimum Gasteiger partial charge on any atom is -0.495 e. The lowest BCUT2D eigenvalue weighted by atomic mass is 10.2. The van der Waals surface area contributed by atoms with E-state index in [1.807, 2.05) is 0 Å². The highest BCUT2D eigenvalue weighted by atomic mass is 35.5. The third-order valence-electron chi connectivity index (χ3n) is 4.16. The molecular formula is C22H19ClN2O5S. The van der Waals surface area contributed by atoms with E-state index in [4.69, 9.17) is 21.1 Å². The maximum absolute atomic E-state index is 12.6. The van der Waals surface area contributed by atoms with Crippen molar-refractivity contribution in [2.75, 3.05) is 25.6 Å². The number of carbonyl (C=O) groups is 3. The first kappa shape index (κ1) is 22.5. The Morgan fingerprint density at radius 2 is 1.97 bits per heavy atom. The van der Waals surface area contributed by atoms with Gasteiger partial charge in [0.1, 0.15) is 24.7 Å². The molecule has 1 aliphatic rings. The van der Waals surface area contributed by atoms with E-state index in [-0.39, 0.29) is 4.91 Å². The predicted molar refractivity (Wildman–Crippen MR) is 121 cm³/mol. The summed E-state index contributed by atoms with van der Waals surface area (Å²) in [5, 5.41) is 2.43. The molecule has 3 amide bonds. The summed E-state index contributed by atoms with van der Waals surface area (Å²) in [6, 6.07) is 11.8. The highest BCUT2D eigenvalue weighted by Crippen LogP contribution is 2.32. The van der Waals surface area contributed by atoms with Crippen LogP contribution in [0, 0.1) is 0 Å². The first-order chi connectivity index (χ1) is 14.9. The van der Waals surface area contributed by atoms with Crippen LogP contribution in [0.3, 0.4) is 0 Å². The van der Waals surface area contributed by atoms with Crippen molar-refractivity contribution in [1.82, 2.24) is 4.90 Å². The van der Waals surface area contributed by atoms with Gasteiger partial charge in [0.05, 0.1) is 17.0 Å². The zero-order valence-corrected chi connectivity index (χ0v) is 18.2. The topological polar surface area (TPSA) is 84.9 Å². The molecule has 1 aliphatic heterocycles. The quantitative estimate of drug-likeness (QED) is 0.460. The summed E-state index contributed by atoms with van der Waals surface area (Å²) >= 11 is 6.83. The van der Waals surface area contributed by atoms with Gasteiger partial charge in [-0.15, -0.1) is 0 Å². The molecule has 160 valence electrons. The van der Waals surface area contributed by atoms with Gasteiger partial charge in [-0.1, -0.05) is 36.4 Å². The molecule has 0 aliphatic carbocycles. The first-order valence-electron chi connectivity index (χ1n) is 9.14. The zero-order valence-electron chi connectivity index (χ0n) is 16.6. The van der Waals surface area contributed by atoms with Crippen molar-refractivity contribution in [3.8, 4) is 11.5 Å². The molecule has 0 saturated carbocycles. The summed E-state index contributed by atoms with van der Waals surface area (Å²) in [6.07, 6.45) is 3.24. The van der Waals surface area contributed by atoms with Crippen LogP contribution in [-0.4, -0.2) is 42.2 Å². The zero-order chi connectivity index (χ0) is 22.4. The summed E-state index contributed by atoms with van der Waals surface area (Å²) in [4.78, 5) is 38.4. The fraction of sp³-hybridized carbons (Fsp3) is 0.136. The number of hydrogen-bond donors (Lipinski definition) is 1. The van der Waals surface area contributed by atoms with Crippen molar-refractivity contribution in [3.05, 3.63) is 70.6 Å². The molecule has 7 nitrogen and oxygen atoms in total. The summed E-state index contributed by atoms with van der Waals surface area (Å²) in [7, 11) is 1.48. The minimum atomic E-state index is -0.523. The first-order valence-corrected chi connectivity index (χ1v) is 10.3. The number of nitrogens with zero attached hydrogens (tertiary/aromatic N) is 1. The third kappa shape index (κ3) is 5.68. The molecule has 0 bridgehead atoms. The highest BCUT2D eigenvalue weighted by Gasteiger charge is 2.36. The van der Waals surface area contributed by atoms with E-state index in [0.717, 1.165) is 22.2 Å². The largest absolute Gasteiger partial charge is 0.495 e. The van der Waals surface area contributed by atoms with Crippen molar-refractivity contribution in [3.63, 3.8) is 0 Å². The maximum atomic E-state index is 12.6. The van der Waals surface area contributed by atoms with Gasteiger partial charge in [0.25, 0.3) is 11.1 Å². The van der Waals surface area contributed by atoms with Crippen LogP contribution < -0.4 is 14.8 Å². The fourth-order valence-electron chi connectivity index (χ4n) is 2.69. The van der Waals surface area contributed by atoms with E-state index in [0.29, 0.717) is 28.8 Å². The summed E-state index contributed by atoms with van der Waals surface area (Å²) in [5.41, 5.74) is 1.16. The fourth-order valence-corrected chi connectivity index (χ4v) is 3.79. The van der Waals surface area contributed by atoms with E-state index in [1.165, 1.54) is 13.2 Å². The van der Waals surface area contributed by atoms with Gasteiger partial charge in [0, 0.05) is 5.69 Å². The van der Waals surface area contributed by atoms with Crippen LogP contribution in [0.1, 0.15) is 5.56 Å². The van der Waals surface area contributed by atoms with Crippen LogP contribution >= 0.6 is 23.4 Å². The summed E-state index contributed by atoms with van der Waals surface area (Å²) in [6.45, 7) is 3.58. The lowest BCUT2D eigenvalue weighted by Gasteiger charge is -2.13. The monoisotopic (exact) mass is 458 g/mol. The standard InChI is InChI=1S/C22H19ClN2O5S/c1-3-10-30-16-7-4-14(5-8-16)11-19-21(27)25(22(28)31-19)13-20(26)24-15-6-9-18(29-2)17(23)12-15/h3-9,11-12H,1,10,13H2,2H3,(H,24,26). The van der Waals surface area contributed by atoms with Crippen LogP contribution in [-0.2, 0) is 9.59 Å². The van der Waals surface area contributed by atoms with Gasteiger partial charge >= 0.3 is 0 Å². The van der Waals surface area contributed by atoms with Gasteiger partial charge in [-0.3, -0.25) is 19.3 Å². The number of benzene rings is 2. The van der Waals surface area contributed by atoms with Gasteiger partial charge in [-0.25, -0.2) is 0 Å². The molecule has 2 aromatic carbocycles. The second-order valence-electron chi connectivity index (χ2n) is 6.33. The van der Waals surface area contributed by atoms with Gasteiger partial charge in [-0.2, -0.15) is 0 Å². The number of methoxy groups -OCH3 is 1. The van der Waals surface area contributed by atoms with E-state index >= 15 is 0 Å². The highest BCUT2D eigenvalue weighted by molar-refractivity contribution is 8.18. The Morgan fingerprint density at radius 1 is 1.23 bits per heavy atom. The molecule has 1 N–H and O–H groups in total. The molecule has 3 rings (SSSR count). The molecule has 1 fully saturated rings. The average molecular weight is 459 g/mol. The van der Waals surface area contributed by atoms with Crippen molar-refractivity contribution in [2.24, 2.45) is 0 Å². The Kier molecular flexibility index (Phi) is 7.38. The third-order valence-corrected chi connectivity index (χ3v) is 5.36. The molecule has 0 radical (unpaired) electrons. The van der Waals surface area contributed by atoms with Crippen molar-refractivity contribution >= 4 is 52.2 Å². The van der Waals surface area contributed by atoms with Crippen LogP contribution in [0.5, 0.6) is 11.5 Å². The number of thioether (sulfide) groups is 1. The Bertz CT molecular complexity index is 1050. The molecule has 0 aromatic heterocycles. The number of carbonyl (C=O) groups excluding carboxylic acids is 3. The molecule has 1 saturated heterocycles. The normalized spacial score (nSPS) is 14.6. The lowest BCUT2D eigenvalue weighted by Crippen LogP contribution is -2.36. The lowest BCUT2D eigenvalue weighted by molar-refractivity contribution is -0.127. The van der Waals surface area contributed by atoms with Crippen LogP contribution in [0.2, 0.25) is 5.02 Å². The second kappa shape index (κ2) is 10.2. The number of rotatable bonds is 8. The Hall–Kier alpha value is -3.23. The van der Waals surface area contributed by atoms with Gasteiger partial charge in [0.2, 0.25) is 5.91 Å². The molecule has 2 aromatic rings. The van der Waals surface area contributed by atoms with Crippen LogP contribution in [0.25, 0.3) is 6.08 Å². The number of hydrogen-bond acceptors (Lipinski definition) is 6. The number of nitrogens with one attached hydrogen (secondary N) is 1. The molecule has 0 spiro atoms. The average Bonchev–Trinajstić information content (AvgIpc) is 3.00. The number of halogens is 1. The van der Waals surface area contributed by atoms with Gasteiger partial charge < -0.3 is 14.8 Å². The summed E-state index contributed by atoms with van der Waals surface area (Å²) in [5.74, 6) is 0.0925. The second-order valence-corrected chi connectivity index (χ2v) is 7.73. The van der Waals surface area contributed by atoms with E-state index in [1.54, 1.807) is 48.6 Å². The van der Waals surface area contributed by atoms with Crippen LogP contribution in [0.15, 0.2) is 60.0 Å². The predicted octanol–water partition coefficient (Wildman–Crippen LogP) is 4.59. The van der Waals surface area contributed by atoms with E-state index in [2.05, 4.69) is 11.9 Å². The smallest absolute Gasteiger partial charge is 0.294 e. The molecule has 31 heavy (non-hydrogen) atoms. The Labute approximate surface area is 188 Å². The van der Waals surface area contributed by atoms with E-state index in [9.17, 15) is 14.4 Å². The molecule has 1 heterocycles. The number of anilines is 1. The SMILES string of the molecule is C=CCOc1ccc(C=C2SC(=O)N(CC(=O)Nc3ccc(OC)c(Cl)c3)C2=O)cc1. The minimum absolute atomic E-state index is 0.241. The van der Waals surface area contributed by atoms with Crippen molar-refractivity contribution < 1.29 is 23.9 Å². The Morgan fingerprint density at radius 3 is 2.61 bits per heavy atom. The van der Waals surface area contributed by atoms with Crippen molar-refractivity contribution in [1.29, 1.82) is 0 Å². The van der Waals surface area contributed by atoms with Crippen molar-refractivity contribution in [2.45, 2.75) is 0 Å². The van der Waals surface area contributed by atoms with E-state index < -0.39 is 23.6 Å². The van der Waals surface area contributed by atoms with Gasteiger partial charge in [0.15, 0.2) is 0 Å². The van der Waals surface area contributed by atoms with Gasteiger partial charge in [-0.05, 0) is 53.7 Å². The summed E-state index contributed by atoms with van der Waals surface area (Å²) < 4.78 is 10.5. The maximum Gasteiger partial charge on any atom is 0.294 e. The molecule has 0 atom stereocenters.